The Labute approximate surface area is 160 Å². The standard InChI is InChI=1S/C18H18ClN3O3S/c1-18(13-6-2-3-7-14(13)19)16(24)22(17(25)21-18)11-15(23)20-9-8-12-5-4-10-26-12/h2-7,10H,8-9,11H2,1H3,(H,20,23)(H,21,25)/t18-/m1/s1. The lowest BCUT2D eigenvalue weighted by atomic mass is 9.92. The van der Waals surface area contributed by atoms with Gasteiger partial charge in [-0.3, -0.25) is 14.5 Å². The number of amides is 4. The number of hydrogen-bond acceptors (Lipinski definition) is 4. The fourth-order valence-corrected chi connectivity index (χ4v) is 3.90. The zero-order valence-electron chi connectivity index (χ0n) is 14.1. The molecule has 1 fully saturated rings. The molecule has 4 amide bonds. The van der Waals surface area contributed by atoms with Crippen LogP contribution in [0.15, 0.2) is 41.8 Å². The first-order valence-corrected chi connectivity index (χ1v) is 9.36. The first-order chi connectivity index (χ1) is 12.4. The van der Waals surface area contributed by atoms with Gasteiger partial charge in [0.15, 0.2) is 0 Å². The fraction of sp³-hybridized carbons (Fsp3) is 0.278. The number of halogens is 1. The summed E-state index contributed by atoms with van der Waals surface area (Å²) in [4.78, 5) is 39.3. The molecular weight excluding hydrogens is 374 g/mol. The van der Waals surface area contributed by atoms with Crippen LogP contribution in [0.5, 0.6) is 0 Å². The maximum absolute atomic E-state index is 12.8. The highest BCUT2D eigenvalue weighted by molar-refractivity contribution is 7.09. The number of carbonyl (C=O) groups is 3. The van der Waals surface area contributed by atoms with E-state index in [0.717, 1.165) is 9.78 Å². The van der Waals surface area contributed by atoms with Crippen molar-refractivity contribution in [2.24, 2.45) is 0 Å². The van der Waals surface area contributed by atoms with E-state index in [-0.39, 0.29) is 12.5 Å². The largest absolute Gasteiger partial charge is 0.354 e. The minimum absolute atomic E-state index is 0.324. The van der Waals surface area contributed by atoms with Crippen LogP contribution in [-0.2, 0) is 21.5 Å². The van der Waals surface area contributed by atoms with Gasteiger partial charge in [0, 0.05) is 22.0 Å². The Morgan fingerprint density at radius 2 is 2.04 bits per heavy atom. The SMILES string of the molecule is C[C@]1(c2ccccc2Cl)NC(=O)N(CC(=O)NCCc2cccs2)C1=O. The molecule has 26 heavy (non-hydrogen) atoms. The van der Waals surface area contributed by atoms with E-state index >= 15 is 0 Å². The van der Waals surface area contributed by atoms with Crippen LogP contribution in [0.1, 0.15) is 17.4 Å². The zero-order chi connectivity index (χ0) is 18.7. The molecule has 3 rings (SSSR count). The average Bonchev–Trinajstić information content (AvgIpc) is 3.19. The Balaban J connectivity index is 1.63. The molecule has 0 unspecified atom stereocenters. The summed E-state index contributed by atoms with van der Waals surface area (Å²) >= 11 is 7.79. The van der Waals surface area contributed by atoms with Crippen LogP contribution >= 0.6 is 22.9 Å². The normalized spacial score (nSPS) is 19.5. The van der Waals surface area contributed by atoms with Gasteiger partial charge in [-0.15, -0.1) is 11.3 Å². The Bertz CT molecular complexity index is 840. The molecule has 0 saturated carbocycles. The fourth-order valence-electron chi connectivity index (χ4n) is 2.87. The van der Waals surface area contributed by atoms with Gasteiger partial charge in [0.25, 0.3) is 5.91 Å². The van der Waals surface area contributed by atoms with Gasteiger partial charge in [0.2, 0.25) is 5.91 Å². The number of imide groups is 1. The number of carbonyl (C=O) groups excluding carboxylic acids is 3. The smallest absolute Gasteiger partial charge is 0.325 e. The van der Waals surface area contributed by atoms with E-state index < -0.39 is 17.5 Å². The summed E-state index contributed by atoms with van der Waals surface area (Å²) in [5.74, 6) is -0.877. The number of rotatable bonds is 6. The van der Waals surface area contributed by atoms with Crippen LogP contribution in [-0.4, -0.2) is 35.8 Å². The topological polar surface area (TPSA) is 78.5 Å². The molecule has 6 nitrogen and oxygen atoms in total. The third kappa shape index (κ3) is 3.59. The van der Waals surface area contributed by atoms with Gasteiger partial charge in [0.05, 0.1) is 0 Å². The minimum atomic E-state index is -1.29. The van der Waals surface area contributed by atoms with Crippen molar-refractivity contribution in [2.45, 2.75) is 18.9 Å². The second-order valence-corrected chi connectivity index (χ2v) is 7.55. The zero-order valence-corrected chi connectivity index (χ0v) is 15.7. The highest BCUT2D eigenvalue weighted by Gasteiger charge is 2.50. The molecule has 1 aromatic heterocycles. The molecule has 1 aromatic carbocycles. The van der Waals surface area contributed by atoms with E-state index in [9.17, 15) is 14.4 Å². The van der Waals surface area contributed by atoms with Crippen LogP contribution in [0.2, 0.25) is 5.02 Å². The molecule has 2 N–H and O–H groups in total. The maximum atomic E-state index is 12.8. The molecule has 1 aliphatic rings. The van der Waals surface area contributed by atoms with Gasteiger partial charge < -0.3 is 10.6 Å². The molecular formula is C18H18ClN3O3S. The summed E-state index contributed by atoms with van der Waals surface area (Å²) in [7, 11) is 0. The van der Waals surface area contributed by atoms with Gasteiger partial charge >= 0.3 is 6.03 Å². The van der Waals surface area contributed by atoms with Crippen molar-refractivity contribution < 1.29 is 14.4 Å². The van der Waals surface area contributed by atoms with E-state index in [4.69, 9.17) is 11.6 Å². The van der Waals surface area contributed by atoms with Crippen molar-refractivity contribution >= 4 is 40.8 Å². The molecule has 136 valence electrons. The molecule has 2 aromatic rings. The van der Waals surface area contributed by atoms with Crippen LogP contribution in [0.4, 0.5) is 4.79 Å². The van der Waals surface area contributed by atoms with Crippen molar-refractivity contribution in [3.8, 4) is 0 Å². The van der Waals surface area contributed by atoms with Crippen LogP contribution in [0.25, 0.3) is 0 Å². The summed E-state index contributed by atoms with van der Waals surface area (Å²) in [6.07, 6.45) is 0.709. The van der Waals surface area contributed by atoms with E-state index in [0.29, 0.717) is 23.6 Å². The highest BCUT2D eigenvalue weighted by Crippen LogP contribution is 2.33. The first-order valence-electron chi connectivity index (χ1n) is 8.10. The van der Waals surface area contributed by atoms with Gasteiger partial charge in [0.1, 0.15) is 12.1 Å². The van der Waals surface area contributed by atoms with Crippen molar-refractivity contribution in [2.75, 3.05) is 13.1 Å². The quantitative estimate of drug-likeness (QED) is 0.743. The van der Waals surface area contributed by atoms with Crippen LogP contribution in [0, 0.1) is 0 Å². The molecule has 8 heteroatoms. The lowest BCUT2D eigenvalue weighted by molar-refractivity contribution is -0.134. The van der Waals surface area contributed by atoms with Crippen molar-refractivity contribution in [3.63, 3.8) is 0 Å². The Morgan fingerprint density at radius 1 is 1.27 bits per heavy atom. The minimum Gasteiger partial charge on any atom is -0.354 e. The lowest BCUT2D eigenvalue weighted by Crippen LogP contribution is -2.43. The Hall–Kier alpha value is -2.38. The number of urea groups is 1. The highest BCUT2D eigenvalue weighted by atomic mass is 35.5. The first kappa shape index (κ1) is 18.4. The molecule has 0 bridgehead atoms. The van der Waals surface area contributed by atoms with Crippen LogP contribution < -0.4 is 10.6 Å². The summed E-state index contributed by atoms with van der Waals surface area (Å²) in [6, 6.07) is 10.2. The summed E-state index contributed by atoms with van der Waals surface area (Å²) < 4.78 is 0. The van der Waals surface area contributed by atoms with Gasteiger partial charge in [-0.05, 0) is 30.9 Å². The Kier molecular flexibility index (Phi) is 5.29. The molecule has 1 atom stereocenters. The second kappa shape index (κ2) is 7.47. The van der Waals surface area contributed by atoms with E-state index in [1.54, 1.807) is 42.5 Å². The Morgan fingerprint density at radius 3 is 2.73 bits per heavy atom. The number of benzene rings is 1. The number of hydrogen-bond donors (Lipinski definition) is 2. The summed E-state index contributed by atoms with van der Waals surface area (Å²) in [5.41, 5.74) is -0.784. The second-order valence-electron chi connectivity index (χ2n) is 6.11. The number of nitrogens with zero attached hydrogens (tertiary/aromatic N) is 1. The van der Waals surface area contributed by atoms with Gasteiger partial charge in [-0.25, -0.2) is 4.79 Å². The predicted molar refractivity (Wildman–Crippen MR) is 100 cm³/mol. The van der Waals surface area contributed by atoms with E-state index in [1.165, 1.54) is 0 Å². The summed E-state index contributed by atoms with van der Waals surface area (Å²) in [5, 5.41) is 7.73. The maximum Gasteiger partial charge on any atom is 0.325 e. The molecule has 2 heterocycles. The lowest BCUT2D eigenvalue weighted by Gasteiger charge is -2.23. The molecule has 1 saturated heterocycles. The summed E-state index contributed by atoms with van der Waals surface area (Å²) in [6.45, 7) is 1.71. The number of thiophene rings is 1. The third-order valence-electron chi connectivity index (χ3n) is 4.26. The average molecular weight is 392 g/mol. The van der Waals surface area contributed by atoms with Gasteiger partial charge in [-0.2, -0.15) is 0 Å². The monoisotopic (exact) mass is 391 g/mol. The van der Waals surface area contributed by atoms with Crippen LogP contribution in [0.3, 0.4) is 0 Å². The molecule has 0 aliphatic carbocycles. The number of nitrogens with one attached hydrogen (secondary N) is 2. The van der Waals surface area contributed by atoms with Crippen molar-refractivity contribution in [3.05, 3.63) is 57.2 Å². The van der Waals surface area contributed by atoms with E-state index in [1.807, 2.05) is 17.5 Å². The predicted octanol–water partition coefficient (Wildman–Crippen LogP) is 2.53. The van der Waals surface area contributed by atoms with E-state index in [2.05, 4.69) is 10.6 Å². The molecule has 0 spiro atoms. The molecule has 0 radical (unpaired) electrons. The van der Waals surface area contributed by atoms with Crippen molar-refractivity contribution in [1.29, 1.82) is 0 Å². The molecule has 1 aliphatic heterocycles. The van der Waals surface area contributed by atoms with Gasteiger partial charge in [-0.1, -0.05) is 35.9 Å². The van der Waals surface area contributed by atoms with Crippen molar-refractivity contribution in [1.82, 2.24) is 15.5 Å². The third-order valence-corrected chi connectivity index (χ3v) is 5.53.